The first-order chi connectivity index (χ1) is 4.72. The second-order valence-corrected chi connectivity index (χ2v) is 2.89. The zero-order valence-corrected chi connectivity index (χ0v) is 5.92. The number of aliphatic carboxylic acids is 1. The highest BCUT2D eigenvalue weighted by molar-refractivity contribution is 5.70. The molecule has 3 N–H and O–H groups in total. The van der Waals surface area contributed by atoms with Gasteiger partial charge in [0.25, 0.3) is 0 Å². The Bertz CT molecular complexity index is 136. The molecule has 1 rings (SSSR count). The van der Waals surface area contributed by atoms with Gasteiger partial charge in [-0.1, -0.05) is 12.8 Å². The van der Waals surface area contributed by atoms with E-state index >= 15 is 0 Å². The molecule has 1 fully saturated rings. The summed E-state index contributed by atoms with van der Waals surface area (Å²) < 4.78 is 0. The molecule has 1 unspecified atom stereocenters. The van der Waals surface area contributed by atoms with Gasteiger partial charge in [0, 0.05) is 6.04 Å². The van der Waals surface area contributed by atoms with E-state index in [2.05, 4.69) is 0 Å². The first kappa shape index (κ1) is 7.54. The van der Waals surface area contributed by atoms with Gasteiger partial charge >= 0.3 is 5.97 Å². The average Bonchev–Trinajstić information content (AvgIpc) is 1.88. The highest BCUT2D eigenvalue weighted by Gasteiger charge is 2.27. The third kappa shape index (κ3) is 1.48. The van der Waals surface area contributed by atoms with Crippen molar-refractivity contribution in [3.63, 3.8) is 0 Å². The van der Waals surface area contributed by atoms with E-state index in [1.165, 1.54) is 0 Å². The maximum Gasteiger partial charge on any atom is 0.308 e. The average molecular weight is 143 g/mol. The van der Waals surface area contributed by atoms with E-state index in [0.29, 0.717) is 0 Å². The molecule has 0 aromatic heterocycles. The van der Waals surface area contributed by atoms with Gasteiger partial charge in [-0.25, -0.2) is 0 Å². The molecule has 0 aromatic rings. The van der Waals surface area contributed by atoms with Crippen LogP contribution in [-0.2, 0) is 4.79 Å². The van der Waals surface area contributed by atoms with Crippen molar-refractivity contribution in [3.8, 4) is 0 Å². The van der Waals surface area contributed by atoms with Crippen LogP contribution in [0.4, 0.5) is 0 Å². The van der Waals surface area contributed by atoms with Crippen LogP contribution in [0.2, 0.25) is 0 Å². The SMILES string of the molecule is N[C@@H]1CCCCC1C(=O)O. The third-order valence-electron chi connectivity index (χ3n) is 2.14. The summed E-state index contributed by atoms with van der Waals surface area (Å²) in [6.45, 7) is 0. The number of carboxylic acids is 1. The summed E-state index contributed by atoms with van der Waals surface area (Å²) in [6, 6.07) is -0.105. The number of hydrogen-bond acceptors (Lipinski definition) is 2. The van der Waals surface area contributed by atoms with E-state index in [-0.39, 0.29) is 12.0 Å². The van der Waals surface area contributed by atoms with Crippen molar-refractivity contribution in [2.45, 2.75) is 31.7 Å². The summed E-state index contributed by atoms with van der Waals surface area (Å²) in [7, 11) is 0. The summed E-state index contributed by atoms with van der Waals surface area (Å²) in [5.74, 6) is -1.01. The Morgan fingerprint density at radius 2 is 2.00 bits per heavy atom. The number of carboxylic acid groups (broad SMARTS) is 1. The maximum atomic E-state index is 10.5. The van der Waals surface area contributed by atoms with Crippen LogP contribution in [0, 0.1) is 5.92 Å². The van der Waals surface area contributed by atoms with Crippen molar-refractivity contribution in [2.75, 3.05) is 0 Å². The fraction of sp³-hybridized carbons (Fsp3) is 0.857. The van der Waals surface area contributed by atoms with Crippen molar-refractivity contribution < 1.29 is 9.90 Å². The predicted molar refractivity (Wildman–Crippen MR) is 37.6 cm³/mol. The van der Waals surface area contributed by atoms with Crippen LogP contribution in [0.25, 0.3) is 0 Å². The van der Waals surface area contributed by atoms with E-state index in [4.69, 9.17) is 10.8 Å². The van der Waals surface area contributed by atoms with Crippen molar-refractivity contribution in [1.82, 2.24) is 0 Å². The molecule has 0 radical (unpaired) electrons. The van der Waals surface area contributed by atoms with Gasteiger partial charge in [0.2, 0.25) is 0 Å². The lowest BCUT2D eigenvalue weighted by atomic mass is 9.85. The van der Waals surface area contributed by atoms with E-state index in [0.717, 1.165) is 25.7 Å². The molecule has 1 aliphatic carbocycles. The predicted octanol–water partition coefficient (Wildman–Crippen LogP) is 0.588. The Labute approximate surface area is 60.2 Å². The molecule has 1 saturated carbocycles. The van der Waals surface area contributed by atoms with Gasteiger partial charge in [-0.15, -0.1) is 0 Å². The minimum absolute atomic E-state index is 0.105. The number of rotatable bonds is 1. The topological polar surface area (TPSA) is 63.3 Å². The first-order valence-corrected chi connectivity index (χ1v) is 3.70. The first-order valence-electron chi connectivity index (χ1n) is 3.70. The van der Waals surface area contributed by atoms with Crippen LogP contribution in [0.5, 0.6) is 0 Å². The molecule has 10 heavy (non-hydrogen) atoms. The van der Waals surface area contributed by atoms with E-state index < -0.39 is 5.97 Å². The van der Waals surface area contributed by atoms with Crippen LogP contribution in [0.1, 0.15) is 25.7 Å². The number of nitrogens with two attached hydrogens (primary N) is 1. The Hall–Kier alpha value is -0.570. The van der Waals surface area contributed by atoms with Crippen molar-refractivity contribution in [1.29, 1.82) is 0 Å². The Morgan fingerprint density at radius 3 is 2.40 bits per heavy atom. The molecule has 0 heterocycles. The van der Waals surface area contributed by atoms with Crippen LogP contribution < -0.4 is 5.73 Å². The second kappa shape index (κ2) is 3.01. The third-order valence-corrected chi connectivity index (χ3v) is 2.14. The lowest BCUT2D eigenvalue weighted by Gasteiger charge is -2.24. The number of carbonyl (C=O) groups is 1. The largest absolute Gasteiger partial charge is 0.481 e. The van der Waals surface area contributed by atoms with E-state index in [1.807, 2.05) is 0 Å². The monoisotopic (exact) mass is 143 g/mol. The van der Waals surface area contributed by atoms with Gasteiger partial charge in [0.1, 0.15) is 0 Å². The lowest BCUT2D eigenvalue weighted by Crippen LogP contribution is -2.37. The smallest absolute Gasteiger partial charge is 0.308 e. The molecule has 0 amide bonds. The van der Waals surface area contributed by atoms with E-state index in [1.54, 1.807) is 0 Å². The Kier molecular flexibility index (Phi) is 2.27. The maximum absolute atomic E-state index is 10.5. The highest BCUT2D eigenvalue weighted by atomic mass is 16.4. The fourth-order valence-corrected chi connectivity index (χ4v) is 1.47. The molecule has 58 valence electrons. The van der Waals surface area contributed by atoms with Crippen LogP contribution in [0.15, 0.2) is 0 Å². The van der Waals surface area contributed by atoms with Gasteiger partial charge in [-0.2, -0.15) is 0 Å². The van der Waals surface area contributed by atoms with Crippen LogP contribution in [-0.4, -0.2) is 17.1 Å². The van der Waals surface area contributed by atoms with Gasteiger partial charge in [-0.05, 0) is 12.8 Å². The summed E-state index contributed by atoms with van der Waals surface area (Å²) in [6.07, 6.45) is 3.74. The summed E-state index contributed by atoms with van der Waals surface area (Å²) in [5.41, 5.74) is 5.60. The summed E-state index contributed by atoms with van der Waals surface area (Å²) in [4.78, 5) is 10.5. The molecule has 0 aliphatic heterocycles. The van der Waals surface area contributed by atoms with Gasteiger partial charge in [0.15, 0.2) is 0 Å². The normalized spacial score (nSPS) is 33.7. The highest BCUT2D eigenvalue weighted by Crippen LogP contribution is 2.22. The molecule has 3 nitrogen and oxygen atoms in total. The molecule has 2 atom stereocenters. The molecule has 0 bridgehead atoms. The van der Waals surface area contributed by atoms with Crippen LogP contribution in [0.3, 0.4) is 0 Å². The quantitative estimate of drug-likeness (QED) is 0.564. The van der Waals surface area contributed by atoms with Gasteiger partial charge < -0.3 is 10.8 Å². The minimum atomic E-state index is -0.729. The van der Waals surface area contributed by atoms with Gasteiger partial charge in [0.05, 0.1) is 5.92 Å². The number of hydrogen-bond donors (Lipinski definition) is 2. The molecule has 0 saturated heterocycles. The Morgan fingerprint density at radius 1 is 1.40 bits per heavy atom. The lowest BCUT2D eigenvalue weighted by molar-refractivity contribution is -0.143. The Balaban J connectivity index is 2.47. The van der Waals surface area contributed by atoms with E-state index in [9.17, 15) is 4.79 Å². The fourth-order valence-electron chi connectivity index (χ4n) is 1.47. The van der Waals surface area contributed by atoms with Crippen molar-refractivity contribution in [2.24, 2.45) is 11.7 Å². The molecule has 3 heteroatoms. The van der Waals surface area contributed by atoms with Crippen molar-refractivity contribution >= 4 is 5.97 Å². The van der Waals surface area contributed by atoms with Crippen molar-refractivity contribution in [3.05, 3.63) is 0 Å². The summed E-state index contributed by atoms with van der Waals surface area (Å²) in [5, 5.41) is 8.63. The zero-order chi connectivity index (χ0) is 7.56. The molecular weight excluding hydrogens is 130 g/mol. The second-order valence-electron chi connectivity index (χ2n) is 2.89. The minimum Gasteiger partial charge on any atom is -0.481 e. The van der Waals surface area contributed by atoms with Gasteiger partial charge in [-0.3, -0.25) is 4.79 Å². The molecular formula is C7H13NO2. The van der Waals surface area contributed by atoms with Crippen LogP contribution >= 0.6 is 0 Å². The molecule has 0 aromatic carbocycles. The standard InChI is InChI=1S/C7H13NO2/c8-6-4-2-1-3-5(6)7(9)10/h5-6H,1-4,8H2,(H,9,10)/t5?,6-/m1/s1. The summed E-state index contributed by atoms with van der Waals surface area (Å²) >= 11 is 0. The molecule has 1 aliphatic rings. The zero-order valence-electron chi connectivity index (χ0n) is 5.92. The molecule has 0 spiro atoms.